The molecule has 3 N–H and O–H groups in total. The van der Waals surface area contributed by atoms with E-state index in [0.717, 1.165) is 12.8 Å². The molecule has 3 heterocycles. The molecule has 0 atom stereocenters. The highest BCUT2D eigenvalue weighted by Crippen LogP contribution is 2.43. The number of ether oxygens (including phenoxy) is 2. The van der Waals surface area contributed by atoms with Gasteiger partial charge >= 0.3 is 6.61 Å². The maximum absolute atomic E-state index is 15.5. The van der Waals surface area contributed by atoms with E-state index in [2.05, 4.69) is 25.0 Å². The number of aryl methyl sites for hydroxylation is 1. The number of pyridine rings is 1. The van der Waals surface area contributed by atoms with Gasteiger partial charge in [0, 0.05) is 30.6 Å². The van der Waals surface area contributed by atoms with Gasteiger partial charge in [0.05, 0.1) is 40.0 Å². The summed E-state index contributed by atoms with van der Waals surface area (Å²) in [5.41, 5.74) is 4.97. The third-order valence-corrected chi connectivity index (χ3v) is 6.05. The second kappa shape index (κ2) is 9.38. The summed E-state index contributed by atoms with van der Waals surface area (Å²) < 4.78 is 53.6. The third-order valence-electron chi connectivity index (χ3n) is 5.78. The van der Waals surface area contributed by atoms with Gasteiger partial charge in [0.25, 0.3) is 5.56 Å². The zero-order valence-electron chi connectivity index (χ0n) is 19.1. The first kappa shape index (κ1) is 24.5. The summed E-state index contributed by atoms with van der Waals surface area (Å²) in [6.07, 6.45) is 2.78. The van der Waals surface area contributed by atoms with E-state index in [0.29, 0.717) is 0 Å². The maximum atomic E-state index is 15.5. The number of hydrogen-bond donors (Lipinski definition) is 2. The molecule has 0 spiro atoms. The van der Waals surface area contributed by atoms with Crippen LogP contribution in [0, 0.1) is 17.1 Å². The molecule has 1 fully saturated rings. The molecule has 1 saturated carbocycles. The Morgan fingerprint density at radius 1 is 1.38 bits per heavy atom. The number of aromatic nitrogens is 5. The molecule has 5 rings (SSSR count). The molecule has 1 aromatic carbocycles. The molecule has 0 radical (unpaired) electrons. The molecule has 0 unspecified atom stereocenters. The van der Waals surface area contributed by atoms with E-state index in [1.807, 2.05) is 6.07 Å². The largest absolute Gasteiger partial charge is 0.489 e. The second-order valence-electron chi connectivity index (χ2n) is 8.20. The van der Waals surface area contributed by atoms with Crippen LogP contribution in [0.3, 0.4) is 0 Å². The Labute approximate surface area is 211 Å². The van der Waals surface area contributed by atoms with Crippen molar-refractivity contribution in [2.45, 2.75) is 32.1 Å². The van der Waals surface area contributed by atoms with E-state index in [1.54, 1.807) is 0 Å². The lowest BCUT2D eigenvalue weighted by atomic mass is 9.98. The van der Waals surface area contributed by atoms with E-state index >= 15 is 4.39 Å². The number of aromatic amines is 1. The topological polar surface area (TPSA) is 145 Å². The van der Waals surface area contributed by atoms with Crippen LogP contribution in [-0.2, 0) is 13.6 Å². The van der Waals surface area contributed by atoms with Gasteiger partial charge in [0.1, 0.15) is 22.8 Å². The van der Waals surface area contributed by atoms with E-state index in [9.17, 15) is 18.8 Å². The first-order chi connectivity index (χ1) is 17.7. The molecule has 14 heteroatoms. The number of nitrogens with one attached hydrogen (secondary N) is 1. The minimum Gasteiger partial charge on any atom is -0.489 e. The quantitative estimate of drug-likeness (QED) is 0.367. The molecule has 190 valence electrons. The molecule has 0 bridgehead atoms. The van der Waals surface area contributed by atoms with Gasteiger partial charge in [-0.15, -0.1) is 0 Å². The van der Waals surface area contributed by atoms with Gasteiger partial charge in [-0.2, -0.15) is 24.2 Å². The summed E-state index contributed by atoms with van der Waals surface area (Å²) in [5, 5.41) is 19.7. The summed E-state index contributed by atoms with van der Waals surface area (Å²) in [7, 11) is 1.50. The predicted molar refractivity (Wildman–Crippen MR) is 126 cm³/mol. The Balaban J connectivity index is 1.81. The maximum Gasteiger partial charge on any atom is 0.388 e. The zero-order valence-corrected chi connectivity index (χ0v) is 19.8. The average molecular weight is 532 g/mol. The lowest BCUT2D eigenvalue weighted by Crippen LogP contribution is -2.16. The van der Waals surface area contributed by atoms with E-state index in [-0.39, 0.29) is 68.0 Å². The van der Waals surface area contributed by atoms with Gasteiger partial charge in [-0.05, 0) is 18.9 Å². The Morgan fingerprint density at radius 2 is 2.14 bits per heavy atom. The van der Waals surface area contributed by atoms with Crippen LogP contribution < -0.4 is 20.8 Å². The van der Waals surface area contributed by atoms with Crippen molar-refractivity contribution >= 4 is 22.4 Å². The monoisotopic (exact) mass is 531 g/mol. The smallest absolute Gasteiger partial charge is 0.388 e. The van der Waals surface area contributed by atoms with Crippen molar-refractivity contribution in [3.63, 3.8) is 0 Å². The summed E-state index contributed by atoms with van der Waals surface area (Å²) >= 11 is 6.16. The third kappa shape index (κ3) is 4.34. The van der Waals surface area contributed by atoms with Crippen molar-refractivity contribution in [3.8, 4) is 40.2 Å². The van der Waals surface area contributed by atoms with Gasteiger partial charge in [-0.25, -0.2) is 14.5 Å². The van der Waals surface area contributed by atoms with Gasteiger partial charge in [-0.3, -0.25) is 9.48 Å². The highest BCUT2D eigenvalue weighted by molar-refractivity contribution is 6.31. The predicted octanol–water partition coefficient (Wildman–Crippen LogP) is 3.65. The van der Waals surface area contributed by atoms with Gasteiger partial charge < -0.3 is 15.2 Å². The lowest BCUT2D eigenvalue weighted by Gasteiger charge is -2.16. The number of alkyl halides is 2. The highest BCUT2D eigenvalue weighted by atomic mass is 35.5. The molecule has 1 aliphatic rings. The number of nitrogens with two attached hydrogens (primary N) is 1. The van der Waals surface area contributed by atoms with Crippen LogP contribution in [0.2, 0.25) is 5.02 Å². The molecule has 4 aromatic rings. The van der Waals surface area contributed by atoms with Gasteiger partial charge in [-0.1, -0.05) is 11.6 Å². The zero-order chi connectivity index (χ0) is 26.4. The number of nitrogens with zero attached hydrogens (tertiary/aromatic N) is 5. The molecule has 0 amide bonds. The fourth-order valence-electron chi connectivity index (χ4n) is 3.98. The highest BCUT2D eigenvalue weighted by Gasteiger charge is 2.30. The number of fused-ring (bicyclic) bond motifs is 1. The molecule has 0 saturated heterocycles. The van der Waals surface area contributed by atoms with Crippen LogP contribution in [0.5, 0.6) is 11.6 Å². The van der Waals surface area contributed by atoms with Crippen molar-refractivity contribution in [2.24, 2.45) is 12.8 Å². The van der Waals surface area contributed by atoms with Crippen LogP contribution in [-0.4, -0.2) is 37.7 Å². The molecular weight excluding hydrogens is 515 g/mol. The van der Waals surface area contributed by atoms with Crippen molar-refractivity contribution in [3.05, 3.63) is 50.8 Å². The van der Waals surface area contributed by atoms with Crippen molar-refractivity contribution in [1.82, 2.24) is 25.0 Å². The number of benzene rings is 1. The molecule has 1 aliphatic carbocycles. The fraction of sp³-hybridized carbons (Fsp3) is 0.261. The normalized spacial score (nSPS) is 13.2. The molecular formula is C23H17ClF3N7O3. The van der Waals surface area contributed by atoms with E-state index in [4.69, 9.17) is 22.1 Å². The number of rotatable bonds is 7. The van der Waals surface area contributed by atoms with Crippen molar-refractivity contribution in [1.29, 1.82) is 5.26 Å². The summed E-state index contributed by atoms with van der Waals surface area (Å²) in [4.78, 5) is 16.6. The van der Waals surface area contributed by atoms with Gasteiger partial charge in [0.15, 0.2) is 5.82 Å². The standard InChI is InChI=1S/C23H17ClF3N7O3/c1-34-20(17-11(6-28)16(36-9-2-3-9)5-13(24)19(17)25)12(8-30-34)14-4-10-15(7-29)32-33-21(35)18(10)22(31-14)37-23(26)27/h4-5,8-9,23H,2-3,7,29H2,1H3,(H,33,35). The summed E-state index contributed by atoms with van der Waals surface area (Å²) in [6.45, 7) is -3.44. The van der Waals surface area contributed by atoms with Crippen LogP contribution >= 0.6 is 11.6 Å². The van der Waals surface area contributed by atoms with Crippen molar-refractivity contribution < 1.29 is 22.6 Å². The molecule has 10 nitrogen and oxygen atoms in total. The van der Waals surface area contributed by atoms with Crippen LogP contribution in [0.25, 0.3) is 33.3 Å². The number of hydrogen-bond acceptors (Lipinski definition) is 8. The fourth-order valence-corrected chi connectivity index (χ4v) is 4.18. The Bertz CT molecular complexity index is 1640. The Morgan fingerprint density at radius 3 is 2.78 bits per heavy atom. The lowest BCUT2D eigenvalue weighted by molar-refractivity contribution is -0.0516. The number of nitriles is 1. The SMILES string of the molecule is Cn1ncc(-c2cc3c(CN)n[nH]c(=O)c3c(OC(F)F)n2)c1-c1c(F)c(Cl)cc(OC2CC2)c1C#N. The van der Waals surface area contributed by atoms with Crippen LogP contribution in [0.4, 0.5) is 13.2 Å². The van der Waals surface area contributed by atoms with E-state index in [1.165, 1.54) is 30.1 Å². The minimum atomic E-state index is -3.30. The van der Waals surface area contributed by atoms with Crippen LogP contribution in [0.15, 0.2) is 23.1 Å². The minimum absolute atomic E-state index is 0.0127. The number of H-pyrrole nitrogens is 1. The molecule has 3 aromatic heterocycles. The molecule has 0 aliphatic heterocycles. The second-order valence-corrected chi connectivity index (χ2v) is 8.60. The average Bonchev–Trinajstić information content (AvgIpc) is 3.59. The van der Waals surface area contributed by atoms with E-state index < -0.39 is 23.9 Å². The van der Waals surface area contributed by atoms with Crippen LogP contribution in [0.1, 0.15) is 24.1 Å². The summed E-state index contributed by atoms with van der Waals surface area (Å²) in [6, 6.07) is 4.59. The Hall–Kier alpha value is -4.15. The summed E-state index contributed by atoms with van der Waals surface area (Å²) in [5.74, 6) is -1.48. The van der Waals surface area contributed by atoms with Gasteiger partial charge in [0.2, 0.25) is 5.88 Å². The first-order valence-corrected chi connectivity index (χ1v) is 11.3. The van der Waals surface area contributed by atoms with Crippen molar-refractivity contribution in [2.75, 3.05) is 0 Å². The number of halogens is 4. The Kier molecular flexibility index (Phi) is 6.22. The molecule has 37 heavy (non-hydrogen) atoms. The first-order valence-electron chi connectivity index (χ1n) is 10.9.